The molecule has 0 saturated heterocycles. The fourth-order valence-corrected chi connectivity index (χ4v) is 2.96. The molecule has 3 aromatic rings. The third-order valence-electron chi connectivity index (χ3n) is 3.75. The maximum Gasteiger partial charge on any atom is 0.0712 e. The molecule has 0 radical (unpaired) electrons. The van der Waals surface area contributed by atoms with Crippen LogP contribution in [0.2, 0.25) is 0 Å². The van der Waals surface area contributed by atoms with Gasteiger partial charge in [0.1, 0.15) is 0 Å². The van der Waals surface area contributed by atoms with E-state index >= 15 is 0 Å². The van der Waals surface area contributed by atoms with E-state index in [1.165, 1.54) is 22.3 Å². The maximum atomic E-state index is 4.47. The summed E-state index contributed by atoms with van der Waals surface area (Å²) in [4.78, 5) is 0. The second-order valence-electron chi connectivity index (χ2n) is 5.54. The topological polar surface area (TPSA) is 29.3 Å². The molecule has 0 fully saturated rings. The number of nitrogens with zero attached hydrogens (tertiary/aromatic N) is 2. The SMILES string of the molecule is CCNC(c1cc(C)cc(C)c1)c1cnn2ccccc12. The molecular formula is C18H21N3. The van der Waals surface area contributed by atoms with E-state index in [1.807, 2.05) is 23.0 Å². The molecule has 0 saturated carbocycles. The Morgan fingerprint density at radius 1 is 1.14 bits per heavy atom. The molecule has 0 aliphatic rings. The highest BCUT2D eigenvalue weighted by Gasteiger charge is 2.17. The summed E-state index contributed by atoms with van der Waals surface area (Å²) >= 11 is 0. The minimum absolute atomic E-state index is 0.175. The molecule has 0 amide bonds. The highest BCUT2D eigenvalue weighted by atomic mass is 15.2. The number of rotatable bonds is 4. The van der Waals surface area contributed by atoms with Crippen molar-refractivity contribution in [2.75, 3.05) is 6.54 Å². The molecule has 108 valence electrons. The van der Waals surface area contributed by atoms with Crippen LogP contribution in [-0.4, -0.2) is 16.2 Å². The lowest BCUT2D eigenvalue weighted by atomic mass is 9.96. The average molecular weight is 279 g/mol. The van der Waals surface area contributed by atoms with Crippen molar-refractivity contribution >= 4 is 5.52 Å². The Labute approximate surface area is 125 Å². The summed E-state index contributed by atoms with van der Waals surface area (Å²) in [6.45, 7) is 7.36. The van der Waals surface area contributed by atoms with Gasteiger partial charge in [-0.2, -0.15) is 5.10 Å². The molecule has 3 heteroatoms. The molecular weight excluding hydrogens is 258 g/mol. The number of fused-ring (bicyclic) bond motifs is 1. The van der Waals surface area contributed by atoms with Gasteiger partial charge in [-0.3, -0.25) is 0 Å². The van der Waals surface area contributed by atoms with Gasteiger partial charge in [-0.05, 0) is 38.1 Å². The van der Waals surface area contributed by atoms with Crippen LogP contribution in [0.15, 0.2) is 48.8 Å². The molecule has 0 aliphatic carbocycles. The first-order valence-corrected chi connectivity index (χ1v) is 7.43. The molecule has 21 heavy (non-hydrogen) atoms. The van der Waals surface area contributed by atoms with E-state index in [-0.39, 0.29) is 6.04 Å². The van der Waals surface area contributed by atoms with Crippen molar-refractivity contribution in [2.45, 2.75) is 26.8 Å². The van der Waals surface area contributed by atoms with Gasteiger partial charge >= 0.3 is 0 Å². The van der Waals surface area contributed by atoms with Crippen LogP contribution in [0.3, 0.4) is 0 Å². The summed E-state index contributed by atoms with van der Waals surface area (Å²) in [5.41, 5.74) is 6.27. The third-order valence-corrected chi connectivity index (χ3v) is 3.75. The van der Waals surface area contributed by atoms with Gasteiger partial charge in [-0.25, -0.2) is 4.52 Å². The molecule has 2 aromatic heterocycles. The van der Waals surface area contributed by atoms with Crippen LogP contribution in [0.25, 0.3) is 5.52 Å². The average Bonchev–Trinajstić information content (AvgIpc) is 2.87. The van der Waals surface area contributed by atoms with Gasteiger partial charge in [0, 0.05) is 11.8 Å². The zero-order chi connectivity index (χ0) is 14.8. The number of aromatic nitrogens is 2. The van der Waals surface area contributed by atoms with Crippen LogP contribution < -0.4 is 5.32 Å². The predicted octanol–water partition coefficient (Wildman–Crippen LogP) is 3.65. The maximum absolute atomic E-state index is 4.47. The number of hydrogen-bond acceptors (Lipinski definition) is 2. The lowest BCUT2D eigenvalue weighted by Gasteiger charge is -2.19. The van der Waals surface area contributed by atoms with Gasteiger partial charge < -0.3 is 5.32 Å². The van der Waals surface area contributed by atoms with Gasteiger partial charge in [0.25, 0.3) is 0 Å². The Morgan fingerprint density at radius 2 is 1.90 bits per heavy atom. The molecule has 0 spiro atoms. The lowest BCUT2D eigenvalue weighted by molar-refractivity contribution is 0.633. The summed E-state index contributed by atoms with van der Waals surface area (Å²) in [7, 11) is 0. The van der Waals surface area contributed by atoms with Gasteiger partial charge in [0.05, 0.1) is 17.8 Å². The number of pyridine rings is 1. The van der Waals surface area contributed by atoms with E-state index in [1.54, 1.807) is 0 Å². The van der Waals surface area contributed by atoms with Crippen LogP contribution in [0.4, 0.5) is 0 Å². The predicted molar refractivity (Wildman–Crippen MR) is 86.6 cm³/mol. The molecule has 0 aliphatic heterocycles. The Bertz CT molecular complexity index is 738. The van der Waals surface area contributed by atoms with Gasteiger partial charge in [0.2, 0.25) is 0 Å². The van der Waals surface area contributed by atoms with Crippen LogP contribution in [0, 0.1) is 13.8 Å². The first-order valence-electron chi connectivity index (χ1n) is 7.43. The van der Waals surface area contributed by atoms with Crippen LogP contribution in [0.1, 0.15) is 35.2 Å². The van der Waals surface area contributed by atoms with Gasteiger partial charge in [-0.1, -0.05) is 42.3 Å². The van der Waals surface area contributed by atoms with Crippen LogP contribution in [-0.2, 0) is 0 Å². The highest BCUT2D eigenvalue weighted by Crippen LogP contribution is 2.27. The zero-order valence-electron chi connectivity index (χ0n) is 12.8. The molecule has 0 bridgehead atoms. The molecule has 1 unspecified atom stereocenters. The smallest absolute Gasteiger partial charge is 0.0712 e. The Morgan fingerprint density at radius 3 is 2.62 bits per heavy atom. The minimum atomic E-state index is 0.175. The van der Waals surface area contributed by atoms with Crippen molar-refractivity contribution in [3.05, 3.63) is 71.0 Å². The first kappa shape index (κ1) is 13.8. The summed E-state index contributed by atoms with van der Waals surface area (Å²) in [5, 5.41) is 8.06. The number of benzene rings is 1. The third kappa shape index (κ3) is 2.69. The quantitative estimate of drug-likeness (QED) is 0.790. The lowest BCUT2D eigenvalue weighted by Crippen LogP contribution is -2.22. The fourth-order valence-electron chi connectivity index (χ4n) is 2.96. The van der Waals surface area contributed by atoms with Crippen molar-refractivity contribution in [3.63, 3.8) is 0 Å². The molecule has 1 aromatic carbocycles. The highest BCUT2D eigenvalue weighted by molar-refractivity contribution is 5.57. The molecule has 1 N–H and O–H groups in total. The summed E-state index contributed by atoms with van der Waals surface area (Å²) < 4.78 is 1.93. The van der Waals surface area contributed by atoms with Crippen molar-refractivity contribution in [1.29, 1.82) is 0 Å². The van der Waals surface area contributed by atoms with Crippen molar-refractivity contribution < 1.29 is 0 Å². The fraction of sp³-hybridized carbons (Fsp3) is 0.278. The van der Waals surface area contributed by atoms with E-state index in [0.29, 0.717) is 0 Å². The van der Waals surface area contributed by atoms with Crippen LogP contribution in [0.5, 0.6) is 0 Å². The zero-order valence-corrected chi connectivity index (χ0v) is 12.8. The van der Waals surface area contributed by atoms with Crippen LogP contribution >= 0.6 is 0 Å². The van der Waals surface area contributed by atoms with E-state index in [9.17, 15) is 0 Å². The number of hydrogen-bond donors (Lipinski definition) is 1. The summed E-state index contributed by atoms with van der Waals surface area (Å²) in [6, 6.07) is 13.1. The van der Waals surface area contributed by atoms with Gasteiger partial charge in [-0.15, -0.1) is 0 Å². The molecule has 3 rings (SSSR count). The van der Waals surface area contributed by atoms with E-state index in [2.05, 4.69) is 61.5 Å². The summed E-state index contributed by atoms with van der Waals surface area (Å²) in [5.74, 6) is 0. The van der Waals surface area contributed by atoms with Crippen molar-refractivity contribution in [1.82, 2.24) is 14.9 Å². The Hall–Kier alpha value is -2.13. The monoisotopic (exact) mass is 279 g/mol. The van der Waals surface area contributed by atoms with Gasteiger partial charge in [0.15, 0.2) is 0 Å². The molecule has 2 heterocycles. The van der Waals surface area contributed by atoms with Crippen molar-refractivity contribution in [2.24, 2.45) is 0 Å². The Kier molecular flexibility index (Phi) is 3.76. The minimum Gasteiger partial charge on any atom is -0.306 e. The standard InChI is InChI=1S/C18H21N3/c1-4-19-18(15-10-13(2)9-14(3)11-15)16-12-20-21-8-6-5-7-17(16)21/h5-12,18-19H,4H2,1-3H3. The molecule has 1 atom stereocenters. The largest absolute Gasteiger partial charge is 0.306 e. The molecule has 3 nitrogen and oxygen atoms in total. The van der Waals surface area contributed by atoms with E-state index < -0.39 is 0 Å². The van der Waals surface area contributed by atoms with E-state index in [0.717, 1.165) is 12.1 Å². The first-order chi connectivity index (χ1) is 10.2. The number of aryl methyl sites for hydroxylation is 2. The van der Waals surface area contributed by atoms with E-state index in [4.69, 9.17) is 0 Å². The normalized spacial score (nSPS) is 12.7. The number of nitrogens with one attached hydrogen (secondary N) is 1. The summed E-state index contributed by atoms with van der Waals surface area (Å²) in [6.07, 6.45) is 3.96. The second kappa shape index (κ2) is 5.70. The van der Waals surface area contributed by atoms with Crippen molar-refractivity contribution in [3.8, 4) is 0 Å². The Balaban J connectivity index is 2.13. The second-order valence-corrected chi connectivity index (χ2v) is 5.54.